The number of rotatable bonds is 7. The Labute approximate surface area is 92.2 Å². The third-order valence-electron chi connectivity index (χ3n) is 2.69. The van der Waals surface area contributed by atoms with Crippen molar-refractivity contribution < 1.29 is 4.74 Å². The second-order valence-electron chi connectivity index (χ2n) is 3.68. The fourth-order valence-corrected chi connectivity index (χ4v) is 3.26. The van der Waals surface area contributed by atoms with Crippen LogP contribution >= 0.6 is 11.8 Å². The molecule has 14 heavy (non-hydrogen) atoms. The number of thioether (sulfide) groups is 1. The van der Waals surface area contributed by atoms with Gasteiger partial charge in [0, 0.05) is 24.4 Å². The van der Waals surface area contributed by atoms with Crippen LogP contribution in [0.3, 0.4) is 0 Å². The van der Waals surface area contributed by atoms with Crippen molar-refractivity contribution in [1.82, 2.24) is 5.32 Å². The lowest BCUT2D eigenvalue weighted by atomic mass is 10.2. The van der Waals surface area contributed by atoms with Crippen LogP contribution in [-0.4, -0.2) is 36.8 Å². The highest BCUT2D eigenvalue weighted by Crippen LogP contribution is 2.29. The molecule has 3 heteroatoms. The van der Waals surface area contributed by atoms with Crippen molar-refractivity contribution in [2.75, 3.05) is 25.5 Å². The van der Waals surface area contributed by atoms with Gasteiger partial charge in [-0.3, -0.25) is 0 Å². The molecule has 1 rings (SSSR count). The summed E-state index contributed by atoms with van der Waals surface area (Å²) in [5.41, 5.74) is 0. The number of nitrogens with one attached hydrogen (secondary N) is 1. The van der Waals surface area contributed by atoms with E-state index in [1.54, 1.807) is 0 Å². The van der Waals surface area contributed by atoms with Gasteiger partial charge in [0.15, 0.2) is 0 Å². The third-order valence-corrected chi connectivity index (χ3v) is 4.02. The first-order chi connectivity index (χ1) is 6.88. The van der Waals surface area contributed by atoms with Crippen LogP contribution in [0, 0.1) is 0 Å². The molecule has 2 nitrogen and oxygen atoms in total. The first-order valence-corrected chi connectivity index (χ1v) is 6.86. The van der Waals surface area contributed by atoms with Crippen molar-refractivity contribution in [3.8, 4) is 0 Å². The Bertz CT molecular complexity index is 143. The van der Waals surface area contributed by atoms with E-state index in [4.69, 9.17) is 4.74 Å². The van der Waals surface area contributed by atoms with Crippen LogP contribution in [0.4, 0.5) is 0 Å². The van der Waals surface area contributed by atoms with Crippen molar-refractivity contribution in [2.24, 2.45) is 0 Å². The zero-order chi connectivity index (χ0) is 10.2. The van der Waals surface area contributed by atoms with Gasteiger partial charge in [-0.2, -0.15) is 11.8 Å². The molecule has 0 heterocycles. The van der Waals surface area contributed by atoms with Crippen LogP contribution in [0.1, 0.15) is 33.1 Å². The Hall–Kier alpha value is 0.270. The Morgan fingerprint density at radius 2 is 2.21 bits per heavy atom. The maximum absolute atomic E-state index is 5.32. The molecule has 0 spiro atoms. The third kappa shape index (κ3) is 4.20. The van der Waals surface area contributed by atoms with E-state index in [1.165, 1.54) is 25.0 Å². The van der Waals surface area contributed by atoms with Crippen LogP contribution < -0.4 is 5.32 Å². The van der Waals surface area contributed by atoms with Gasteiger partial charge in [0.1, 0.15) is 0 Å². The van der Waals surface area contributed by atoms with E-state index in [0.717, 1.165) is 31.1 Å². The lowest BCUT2D eigenvalue weighted by Crippen LogP contribution is -2.36. The molecule has 2 atom stereocenters. The predicted molar refractivity (Wildman–Crippen MR) is 64.1 cm³/mol. The van der Waals surface area contributed by atoms with Gasteiger partial charge in [-0.25, -0.2) is 0 Å². The van der Waals surface area contributed by atoms with Gasteiger partial charge >= 0.3 is 0 Å². The van der Waals surface area contributed by atoms with Gasteiger partial charge in [0.25, 0.3) is 0 Å². The normalized spacial score (nSPS) is 27.0. The molecule has 0 saturated heterocycles. The highest BCUT2D eigenvalue weighted by atomic mass is 32.2. The first kappa shape index (κ1) is 12.3. The molecule has 84 valence electrons. The molecule has 0 radical (unpaired) electrons. The monoisotopic (exact) mass is 217 g/mol. The van der Waals surface area contributed by atoms with Crippen molar-refractivity contribution in [3.63, 3.8) is 0 Å². The summed E-state index contributed by atoms with van der Waals surface area (Å²) in [6, 6.07) is 0.736. The topological polar surface area (TPSA) is 21.3 Å². The molecular formula is C11H23NOS. The lowest BCUT2D eigenvalue weighted by molar-refractivity contribution is 0.147. The van der Waals surface area contributed by atoms with Gasteiger partial charge in [-0.1, -0.05) is 13.3 Å². The SMILES string of the molecule is CCOCCNC1CCCC1SCC. The summed E-state index contributed by atoms with van der Waals surface area (Å²) in [4.78, 5) is 0. The fraction of sp³-hybridized carbons (Fsp3) is 1.00. The largest absolute Gasteiger partial charge is 0.380 e. The summed E-state index contributed by atoms with van der Waals surface area (Å²) < 4.78 is 5.32. The Morgan fingerprint density at radius 3 is 2.93 bits per heavy atom. The van der Waals surface area contributed by atoms with Crippen molar-refractivity contribution in [1.29, 1.82) is 0 Å². The fourth-order valence-electron chi connectivity index (χ4n) is 2.03. The minimum Gasteiger partial charge on any atom is -0.380 e. The van der Waals surface area contributed by atoms with E-state index in [9.17, 15) is 0 Å². The molecule has 0 aromatic carbocycles. The van der Waals surface area contributed by atoms with E-state index in [-0.39, 0.29) is 0 Å². The molecule has 1 saturated carbocycles. The number of ether oxygens (including phenoxy) is 1. The summed E-state index contributed by atoms with van der Waals surface area (Å²) >= 11 is 2.11. The van der Waals surface area contributed by atoms with Crippen molar-refractivity contribution in [2.45, 2.75) is 44.4 Å². The van der Waals surface area contributed by atoms with Gasteiger partial charge in [-0.15, -0.1) is 0 Å². The molecule has 0 aromatic rings. The van der Waals surface area contributed by atoms with Gasteiger partial charge < -0.3 is 10.1 Å². The van der Waals surface area contributed by atoms with Crippen LogP contribution in [0.5, 0.6) is 0 Å². The predicted octanol–water partition coefficient (Wildman–Crippen LogP) is 2.29. The minimum atomic E-state index is 0.736. The zero-order valence-electron chi connectivity index (χ0n) is 9.42. The van der Waals surface area contributed by atoms with Gasteiger partial charge in [-0.05, 0) is 25.5 Å². The van der Waals surface area contributed by atoms with E-state index < -0.39 is 0 Å². The molecule has 0 aromatic heterocycles. The second-order valence-corrected chi connectivity index (χ2v) is 5.20. The van der Waals surface area contributed by atoms with E-state index >= 15 is 0 Å². The van der Waals surface area contributed by atoms with Crippen LogP contribution in [0.25, 0.3) is 0 Å². The van der Waals surface area contributed by atoms with Crippen molar-refractivity contribution in [3.05, 3.63) is 0 Å². The average molecular weight is 217 g/mol. The quantitative estimate of drug-likeness (QED) is 0.661. The maximum Gasteiger partial charge on any atom is 0.0590 e. The molecule has 1 N–H and O–H groups in total. The molecule has 1 fully saturated rings. The molecule has 0 amide bonds. The average Bonchev–Trinajstić information content (AvgIpc) is 2.61. The van der Waals surface area contributed by atoms with Crippen LogP contribution in [-0.2, 0) is 4.74 Å². The summed E-state index contributed by atoms with van der Waals surface area (Å²) in [6.45, 7) is 7.00. The molecule has 2 unspecified atom stereocenters. The standard InChI is InChI=1S/C11H23NOS/c1-3-13-9-8-12-10-6-5-7-11(10)14-4-2/h10-12H,3-9H2,1-2H3. The van der Waals surface area contributed by atoms with Gasteiger partial charge in [0.2, 0.25) is 0 Å². The highest BCUT2D eigenvalue weighted by molar-refractivity contribution is 7.99. The molecule has 1 aliphatic rings. The molecular weight excluding hydrogens is 194 g/mol. The number of hydrogen-bond donors (Lipinski definition) is 1. The molecule has 0 bridgehead atoms. The molecule has 0 aliphatic heterocycles. The second kappa shape index (κ2) is 7.55. The van der Waals surface area contributed by atoms with E-state index in [0.29, 0.717) is 0 Å². The highest BCUT2D eigenvalue weighted by Gasteiger charge is 2.26. The van der Waals surface area contributed by atoms with E-state index in [1.807, 2.05) is 6.92 Å². The van der Waals surface area contributed by atoms with Crippen LogP contribution in [0.2, 0.25) is 0 Å². The summed E-state index contributed by atoms with van der Waals surface area (Å²) in [5.74, 6) is 1.24. The van der Waals surface area contributed by atoms with Crippen LogP contribution in [0.15, 0.2) is 0 Å². The summed E-state index contributed by atoms with van der Waals surface area (Å²) in [5, 5.41) is 4.45. The minimum absolute atomic E-state index is 0.736. The summed E-state index contributed by atoms with van der Waals surface area (Å²) in [7, 11) is 0. The lowest BCUT2D eigenvalue weighted by Gasteiger charge is -2.19. The van der Waals surface area contributed by atoms with E-state index in [2.05, 4.69) is 24.0 Å². The summed E-state index contributed by atoms with van der Waals surface area (Å²) in [6.07, 6.45) is 4.14. The Kier molecular flexibility index (Phi) is 6.65. The van der Waals surface area contributed by atoms with Gasteiger partial charge in [0.05, 0.1) is 6.61 Å². The maximum atomic E-state index is 5.32. The Morgan fingerprint density at radius 1 is 1.36 bits per heavy atom. The Balaban J connectivity index is 2.09. The zero-order valence-corrected chi connectivity index (χ0v) is 10.2. The first-order valence-electron chi connectivity index (χ1n) is 5.81. The molecule has 1 aliphatic carbocycles. The van der Waals surface area contributed by atoms with Crippen molar-refractivity contribution >= 4 is 11.8 Å². The number of hydrogen-bond acceptors (Lipinski definition) is 3. The smallest absolute Gasteiger partial charge is 0.0590 e.